The Morgan fingerprint density at radius 2 is 2.40 bits per heavy atom. The third kappa shape index (κ3) is 2.06. The van der Waals surface area contributed by atoms with Crippen LogP contribution in [0.1, 0.15) is 25.3 Å². The van der Waals surface area contributed by atoms with Gasteiger partial charge in [0, 0.05) is 17.3 Å². The van der Waals surface area contributed by atoms with Crippen LogP contribution >= 0.6 is 22.9 Å². The molecule has 0 aliphatic carbocycles. The molecule has 0 saturated heterocycles. The number of allylic oxidation sites excluding steroid dienone is 1. The van der Waals surface area contributed by atoms with E-state index in [1.807, 2.05) is 12.3 Å². The van der Waals surface area contributed by atoms with Gasteiger partial charge in [0.25, 0.3) is 0 Å². The molecule has 15 heavy (non-hydrogen) atoms. The van der Waals surface area contributed by atoms with E-state index in [-0.39, 0.29) is 5.50 Å². The summed E-state index contributed by atoms with van der Waals surface area (Å²) in [6, 6.07) is 0. The molecule has 1 aliphatic rings. The Morgan fingerprint density at radius 1 is 1.60 bits per heavy atom. The second kappa shape index (κ2) is 4.33. The highest BCUT2D eigenvalue weighted by Gasteiger charge is 2.20. The molecule has 1 aliphatic heterocycles. The van der Waals surface area contributed by atoms with Gasteiger partial charge in [-0.3, -0.25) is 0 Å². The van der Waals surface area contributed by atoms with Crippen molar-refractivity contribution in [2.45, 2.75) is 25.8 Å². The molecule has 80 valence electrons. The van der Waals surface area contributed by atoms with E-state index < -0.39 is 0 Å². The summed E-state index contributed by atoms with van der Waals surface area (Å²) >= 11 is 7.74. The van der Waals surface area contributed by atoms with E-state index in [9.17, 15) is 0 Å². The molecular weight excluding hydrogens is 230 g/mol. The number of nitrogens with zero attached hydrogens (tertiary/aromatic N) is 2. The van der Waals surface area contributed by atoms with Crippen LogP contribution in [0.5, 0.6) is 0 Å². The molecule has 0 bridgehead atoms. The lowest BCUT2D eigenvalue weighted by Gasteiger charge is -2.21. The minimum Gasteiger partial charge on any atom is -0.342 e. The van der Waals surface area contributed by atoms with Gasteiger partial charge in [-0.05, 0) is 18.9 Å². The summed E-state index contributed by atoms with van der Waals surface area (Å²) in [4.78, 5) is 8.59. The minimum absolute atomic E-state index is 0.254. The first-order valence-electron chi connectivity index (χ1n) is 4.80. The number of amidine groups is 1. The highest BCUT2D eigenvalue weighted by Crippen LogP contribution is 2.23. The van der Waals surface area contributed by atoms with Crippen LogP contribution in [0.25, 0.3) is 0 Å². The predicted octanol–water partition coefficient (Wildman–Crippen LogP) is 2.74. The fraction of sp³-hybridized carbons (Fsp3) is 0.400. The zero-order valence-electron chi connectivity index (χ0n) is 8.62. The maximum atomic E-state index is 6.18. The third-order valence-corrected chi connectivity index (χ3v) is 3.47. The van der Waals surface area contributed by atoms with Gasteiger partial charge in [0.1, 0.15) is 5.50 Å². The number of aliphatic imine (C=N–C) groups is 1. The van der Waals surface area contributed by atoms with Crippen molar-refractivity contribution in [2.75, 3.05) is 0 Å². The summed E-state index contributed by atoms with van der Waals surface area (Å²) in [6.45, 7) is 4.11. The van der Waals surface area contributed by atoms with Gasteiger partial charge in [-0.15, -0.1) is 11.3 Å². The lowest BCUT2D eigenvalue weighted by molar-refractivity contribution is 0.852. The molecule has 2 heterocycles. The van der Waals surface area contributed by atoms with Crippen LogP contribution in [0.4, 0.5) is 0 Å². The monoisotopic (exact) mass is 241 g/mol. The number of halogens is 1. The average Bonchev–Trinajstić information content (AvgIpc) is 2.69. The van der Waals surface area contributed by atoms with Gasteiger partial charge in [0.05, 0.1) is 0 Å². The van der Waals surface area contributed by atoms with E-state index in [0.717, 1.165) is 28.5 Å². The quantitative estimate of drug-likeness (QED) is 0.639. The van der Waals surface area contributed by atoms with Gasteiger partial charge < -0.3 is 5.32 Å². The molecule has 3 nitrogen and oxygen atoms in total. The SMILES string of the molecule is CCC1=C(C)NC(c2nccs2)=NC1Cl. The summed E-state index contributed by atoms with van der Waals surface area (Å²) < 4.78 is 0. The Bertz CT molecular complexity index is 408. The standard InChI is InChI=1S/C10H12ClN3S/c1-3-7-6(2)13-9(14-8(7)11)10-12-4-5-15-10/h4-5,8H,3H2,1-2H3,(H,13,14). The number of aromatic nitrogens is 1. The second-order valence-corrected chi connectivity index (χ2v) is 4.59. The highest BCUT2D eigenvalue weighted by atomic mass is 35.5. The molecule has 1 N–H and O–H groups in total. The molecule has 0 fully saturated rings. The summed E-state index contributed by atoms with van der Waals surface area (Å²) in [6.07, 6.45) is 2.68. The van der Waals surface area contributed by atoms with Gasteiger partial charge in [0.2, 0.25) is 0 Å². The Morgan fingerprint density at radius 3 is 2.93 bits per heavy atom. The Hall–Kier alpha value is -0.870. The summed E-state index contributed by atoms with van der Waals surface area (Å²) in [5.41, 5.74) is 1.99. The summed E-state index contributed by atoms with van der Waals surface area (Å²) in [7, 11) is 0. The molecule has 5 heteroatoms. The smallest absolute Gasteiger partial charge is 0.163 e. The average molecular weight is 242 g/mol. The number of nitrogens with one attached hydrogen (secondary N) is 1. The number of alkyl halides is 1. The van der Waals surface area contributed by atoms with Crippen LogP contribution in [0, 0.1) is 0 Å². The molecule has 0 aromatic carbocycles. The van der Waals surface area contributed by atoms with Crippen LogP contribution in [-0.2, 0) is 0 Å². The van der Waals surface area contributed by atoms with Crippen molar-refractivity contribution in [2.24, 2.45) is 4.99 Å². The molecule has 1 aromatic rings. The van der Waals surface area contributed by atoms with Gasteiger partial charge >= 0.3 is 0 Å². The van der Waals surface area contributed by atoms with Crippen LogP contribution in [0.3, 0.4) is 0 Å². The van der Waals surface area contributed by atoms with E-state index in [0.29, 0.717) is 0 Å². The number of hydrogen-bond donors (Lipinski definition) is 1. The minimum atomic E-state index is -0.254. The van der Waals surface area contributed by atoms with Crippen molar-refractivity contribution >= 4 is 28.8 Å². The molecule has 0 amide bonds. The van der Waals surface area contributed by atoms with Crippen LogP contribution < -0.4 is 5.32 Å². The molecular formula is C10H12ClN3S. The first kappa shape index (κ1) is 10.6. The fourth-order valence-electron chi connectivity index (χ4n) is 1.54. The molecule has 0 radical (unpaired) electrons. The van der Waals surface area contributed by atoms with E-state index in [2.05, 4.69) is 22.2 Å². The van der Waals surface area contributed by atoms with Gasteiger partial charge in [-0.1, -0.05) is 18.5 Å². The van der Waals surface area contributed by atoms with Crippen LogP contribution in [-0.4, -0.2) is 16.3 Å². The van der Waals surface area contributed by atoms with Gasteiger partial charge in [-0.25, -0.2) is 9.98 Å². The zero-order chi connectivity index (χ0) is 10.8. The summed E-state index contributed by atoms with van der Waals surface area (Å²) in [5.74, 6) is 0.778. The van der Waals surface area contributed by atoms with Crippen molar-refractivity contribution in [3.05, 3.63) is 27.9 Å². The Balaban J connectivity index is 2.28. The van der Waals surface area contributed by atoms with Gasteiger partial charge in [0.15, 0.2) is 10.8 Å². The first-order valence-corrected chi connectivity index (χ1v) is 6.12. The fourth-order valence-corrected chi connectivity index (χ4v) is 2.55. The first-order chi connectivity index (χ1) is 7.22. The van der Waals surface area contributed by atoms with E-state index in [1.54, 1.807) is 17.5 Å². The van der Waals surface area contributed by atoms with E-state index in [1.165, 1.54) is 0 Å². The predicted molar refractivity (Wildman–Crippen MR) is 64.4 cm³/mol. The van der Waals surface area contributed by atoms with Crippen molar-refractivity contribution in [1.29, 1.82) is 0 Å². The third-order valence-electron chi connectivity index (χ3n) is 2.33. The molecule has 0 spiro atoms. The van der Waals surface area contributed by atoms with E-state index in [4.69, 9.17) is 11.6 Å². The lowest BCUT2D eigenvalue weighted by Crippen LogP contribution is -2.30. The van der Waals surface area contributed by atoms with Gasteiger partial charge in [-0.2, -0.15) is 0 Å². The van der Waals surface area contributed by atoms with Crippen molar-refractivity contribution < 1.29 is 0 Å². The molecule has 0 saturated carbocycles. The zero-order valence-corrected chi connectivity index (χ0v) is 10.2. The van der Waals surface area contributed by atoms with Crippen LogP contribution in [0.15, 0.2) is 27.8 Å². The molecule has 1 aromatic heterocycles. The molecule has 1 atom stereocenters. The number of hydrogen-bond acceptors (Lipinski definition) is 4. The maximum absolute atomic E-state index is 6.18. The largest absolute Gasteiger partial charge is 0.342 e. The van der Waals surface area contributed by atoms with Crippen molar-refractivity contribution in [3.8, 4) is 0 Å². The van der Waals surface area contributed by atoms with E-state index >= 15 is 0 Å². The maximum Gasteiger partial charge on any atom is 0.163 e. The second-order valence-electron chi connectivity index (χ2n) is 3.28. The topological polar surface area (TPSA) is 37.3 Å². The number of thiazole rings is 1. The summed E-state index contributed by atoms with van der Waals surface area (Å²) in [5, 5.41) is 6.06. The highest BCUT2D eigenvalue weighted by molar-refractivity contribution is 7.11. The normalized spacial score (nSPS) is 21.3. The van der Waals surface area contributed by atoms with Crippen molar-refractivity contribution in [3.63, 3.8) is 0 Å². The van der Waals surface area contributed by atoms with Crippen LogP contribution in [0.2, 0.25) is 0 Å². The van der Waals surface area contributed by atoms with Crippen molar-refractivity contribution in [1.82, 2.24) is 10.3 Å². The lowest BCUT2D eigenvalue weighted by atomic mass is 10.1. The molecule has 1 unspecified atom stereocenters. The Labute approximate surface area is 97.9 Å². The number of rotatable bonds is 2. The Kier molecular flexibility index (Phi) is 3.07. The molecule has 2 rings (SSSR count).